The van der Waals surface area contributed by atoms with Gasteiger partial charge >= 0.3 is 6.09 Å². The van der Waals surface area contributed by atoms with Gasteiger partial charge in [-0.3, -0.25) is 9.69 Å². The fraction of sp³-hybridized carbons (Fsp3) is 0.846. The van der Waals surface area contributed by atoms with Gasteiger partial charge in [0.25, 0.3) is 0 Å². The minimum Gasteiger partial charge on any atom is -0.444 e. The molecule has 1 aliphatic heterocycles. The summed E-state index contributed by atoms with van der Waals surface area (Å²) in [7, 11) is 0. The van der Waals surface area contributed by atoms with Crippen molar-refractivity contribution in [3.63, 3.8) is 0 Å². The van der Waals surface area contributed by atoms with E-state index >= 15 is 0 Å². The summed E-state index contributed by atoms with van der Waals surface area (Å²) in [6, 6.07) is -0.354. The Hall–Kier alpha value is -1.26. The Kier molecular flexibility index (Phi) is 3.25. The van der Waals surface area contributed by atoms with Gasteiger partial charge in [-0.2, -0.15) is 0 Å². The first-order valence-corrected chi connectivity index (χ1v) is 6.60. The molecule has 2 N–H and O–H groups in total. The van der Waals surface area contributed by atoms with Gasteiger partial charge in [-0.25, -0.2) is 4.79 Å². The molecule has 5 nitrogen and oxygen atoms in total. The molecule has 0 aromatic carbocycles. The summed E-state index contributed by atoms with van der Waals surface area (Å²) in [6.45, 7) is 5.48. The van der Waals surface area contributed by atoms with E-state index in [4.69, 9.17) is 10.5 Å². The Morgan fingerprint density at radius 2 is 1.94 bits per heavy atom. The van der Waals surface area contributed by atoms with Gasteiger partial charge in [-0.1, -0.05) is 6.42 Å². The lowest BCUT2D eigenvalue weighted by Gasteiger charge is -2.31. The molecular formula is C13H22N2O3. The molecule has 0 radical (unpaired) electrons. The van der Waals surface area contributed by atoms with Crippen LogP contribution in [0.5, 0.6) is 0 Å². The van der Waals surface area contributed by atoms with Gasteiger partial charge in [-0.15, -0.1) is 0 Å². The fourth-order valence-corrected chi connectivity index (χ4v) is 3.12. The van der Waals surface area contributed by atoms with Crippen molar-refractivity contribution >= 4 is 12.0 Å². The van der Waals surface area contributed by atoms with Crippen molar-refractivity contribution in [1.82, 2.24) is 4.90 Å². The van der Waals surface area contributed by atoms with Crippen LogP contribution >= 0.6 is 0 Å². The molecule has 1 heterocycles. The van der Waals surface area contributed by atoms with Gasteiger partial charge in [0, 0.05) is 6.04 Å². The lowest BCUT2D eigenvalue weighted by Crippen LogP contribution is -2.49. The first-order chi connectivity index (χ1) is 8.29. The van der Waals surface area contributed by atoms with E-state index in [0.717, 1.165) is 19.3 Å². The zero-order valence-corrected chi connectivity index (χ0v) is 11.3. The number of carbonyl (C=O) groups excluding carboxylic acids is 2. The van der Waals surface area contributed by atoms with Crippen LogP contribution in [0.2, 0.25) is 0 Å². The van der Waals surface area contributed by atoms with Crippen LogP contribution in [0.1, 0.15) is 46.5 Å². The molecule has 0 aromatic heterocycles. The summed E-state index contributed by atoms with van der Waals surface area (Å²) in [4.78, 5) is 25.3. The second kappa shape index (κ2) is 4.44. The standard InChI is InChI=1S/C13H22N2O3/c1-13(2,3)18-12(17)15-9-6-4-5-8(9)7-10(15)11(14)16/h8-10H,4-7H2,1-3H3,(H2,14,16)/t8?,9-,10-/m0/s1. The number of fused-ring (bicyclic) bond motifs is 1. The third-order valence-corrected chi connectivity index (χ3v) is 3.77. The van der Waals surface area contributed by atoms with E-state index in [1.165, 1.54) is 0 Å². The van der Waals surface area contributed by atoms with Crippen molar-refractivity contribution < 1.29 is 14.3 Å². The SMILES string of the molecule is CC(C)(C)OC(=O)N1[C@H](C(N)=O)CC2CCC[C@@H]21. The van der Waals surface area contributed by atoms with Crippen LogP contribution in [0.3, 0.4) is 0 Å². The Morgan fingerprint density at radius 3 is 2.50 bits per heavy atom. The number of amides is 2. The van der Waals surface area contributed by atoms with E-state index in [-0.39, 0.29) is 6.04 Å². The minimum absolute atomic E-state index is 0.136. The highest BCUT2D eigenvalue weighted by atomic mass is 16.6. The average Bonchev–Trinajstić information content (AvgIpc) is 2.70. The highest BCUT2D eigenvalue weighted by molar-refractivity contribution is 5.85. The molecule has 102 valence electrons. The number of rotatable bonds is 1. The molecule has 1 unspecified atom stereocenters. The summed E-state index contributed by atoms with van der Waals surface area (Å²) >= 11 is 0. The number of ether oxygens (including phenoxy) is 1. The topological polar surface area (TPSA) is 72.6 Å². The molecule has 1 saturated carbocycles. The smallest absolute Gasteiger partial charge is 0.411 e. The quantitative estimate of drug-likeness (QED) is 0.773. The summed E-state index contributed by atoms with van der Waals surface area (Å²) in [6.07, 6.45) is 3.43. The van der Waals surface area contributed by atoms with Gasteiger partial charge in [0.15, 0.2) is 0 Å². The van der Waals surface area contributed by atoms with Crippen molar-refractivity contribution in [3.8, 4) is 0 Å². The summed E-state index contributed by atoms with van der Waals surface area (Å²) < 4.78 is 5.39. The number of likely N-dealkylation sites (tertiary alicyclic amines) is 1. The maximum Gasteiger partial charge on any atom is 0.411 e. The van der Waals surface area contributed by atoms with Crippen molar-refractivity contribution in [1.29, 1.82) is 0 Å². The van der Waals surface area contributed by atoms with E-state index in [0.29, 0.717) is 12.3 Å². The predicted octanol–water partition coefficient (Wildman–Crippen LogP) is 1.65. The van der Waals surface area contributed by atoms with Gasteiger partial charge in [0.05, 0.1) is 0 Å². The van der Waals surface area contributed by atoms with E-state index in [1.54, 1.807) is 4.90 Å². The lowest BCUT2D eigenvalue weighted by atomic mass is 10.0. The molecule has 18 heavy (non-hydrogen) atoms. The molecule has 1 aliphatic carbocycles. The first-order valence-electron chi connectivity index (χ1n) is 6.60. The summed E-state index contributed by atoms with van der Waals surface area (Å²) in [5.74, 6) is -0.00900. The van der Waals surface area contributed by atoms with Crippen molar-refractivity contribution in [2.45, 2.75) is 64.1 Å². The molecule has 2 fully saturated rings. The number of nitrogens with zero attached hydrogens (tertiary/aromatic N) is 1. The van der Waals surface area contributed by atoms with E-state index in [1.807, 2.05) is 20.8 Å². The molecule has 2 amide bonds. The highest BCUT2D eigenvalue weighted by Crippen LogP contribution is 2.41. The molecule has 5 heteroatoms. The second-order valence-electron chi connectivity index (χ2n) is 6.30. The maximum atomic E-state index is 12.2. The third-order valence-electron chi connectivity index (χ3n) is 3.77. The summed E-state index contributed by atoms with van der Waals surface area (Å²) in [5.41, 5.74) is 4.86. The number of hydrogen-bond donors (Lipinski definition) is 1. The fourth-order valence-electron chi connectivity index (χ4n) is 3.12. The van der Waals surface area contributed by atoms with E-state index < -0.39 is 23.6 Å². The van der Waals surface area contributed by atoms with E-state index in [9.17, 15) is 9.59 Å². The molecule has 2 rings (SSSR count). The van der Waals surface area contributed by atoms with Crippen molar-refractivity contribution in [3.05, 3.63) is 0 Å². The van der Waals surface area contributed by atoms with Crippen LogP contribution in [-0.4, -0.2) is 34.6 Å². The van der Waals surface area contributed by atoms with Crippen molar-refractivity contribution in [2.24, 2.45) is 11.7 Å². The number of carbonyl (C=O) groups is 2. The van der Waals surface area contributed by atoms with Crippen LogP contribution < -0.4 is 5.73 Å². The zero-order valence-electron chi connectivity index (χ0n) is 11.3. The normalized spacial score (nSPS) is 31.3. The molecule has 0 spiro atoms. The maximum absolute atomic E-state index is 12.2. The Morgan fingerprint density at radius 1 is 1.28 bits per heavy atom. The van der Waals surface area contributed by atoms with Crippen molar-refractivity contribution in [2.75, 3.05) is 0 Å². The van der Waals surface area contributed by atoms with Gasteiger partial charge in [0.2, 0.25) is 5.91 Å². The highest BCUT2D eigenvalue weighted by Gasteiger charge is 2.49. The van der Waals surface area contributed by atoms with E-state index in [2.05, 4.69) is 0 Å². The molecule has 0 bridgehead atoms. The predicted molar refractivity (Wildman–Crippen MR) is 66.8 cm³/mol. The zero-order chi connectivity index (χ0) is 13.5. The van der Waals surface area contributed by atoms with Gasteiger partial charge < -0.3 is 10.5 Å². The average molecular weight is 254 g/mol. The Bertz CT molecular complexity index is 362. The number of primary amides is 1. The number of hydrogen-bond acceptors (Lipinski definition) is 3. The molecule has 1 saturated heterocycles. The van der Waals surface area contributed by atoms with Crippen LogP contribution in [0.15, 0.2) is 0 Å². The third kappa shape index (κ3) is 2.44. The molecule has 3 atom stereocenters. The molecule has 0 aromatic rings. The minimum atomic E-state index is -0.546. The molecular weight excluding hydrogens is 232 g/mol. The van der Waals surface area contributed by atoms with Gasteiger partial charge in [-0.05, 0) is 46.0 Å². The van der Waals surface area contributed by atoms with Crippen LogP contribution in [0.4, 0.5) is 4.79 Å². The van der Waals surface area contributed by atoms with Crippen LogP contribution in [-0.2, 0) is 9.53 Å². The Labute approximate surface area is 108 Å². The first kappa shape index (κ1) is 13.2. The monoisotopic (exact) mass is 254 g/mol. The van der Waals surface area contributed by atoms with Crippen LogP contribution in [0, 0.1) is 5.92 Å². The molecule has 2 aliphatic rings. The number of nitrogens with two attached hydrogens (primary N) is 1. The lowest BCUT2D eigenvalue weighted by molar-refractivity contribution is -0.122. The Balaban J connectivity index is 2.16. The summed E-state index contributed by atoms with van der Waals surface area (Å²) in [5, 5.41) is 0. The largest absolute Gasteiger partial charge is 0.444 e. The van der Waals surface area contributed by atoms with Crippen LogP contribution in [0.25, 0.3) is 0 Å². The second-order valence-corrected chi connectivity index (χ2v) is 6.30. The van der Waals surface area contributed by atoms with Gasteiger partial charge in [0.1, 0.15) is 11.6 Å².